The van der Waals surface area contributed by atoms with Gasteiger partial charge in [0.15, 0.2) is 11.5 Å². The molecule has 0 aliphatic carbocycles. The summed E-state index contributed by atoms with van der Waals surface area (Å²) >= 11 is 0. The van der Waals surface area contributed by atoms with Gasteiger partial charge in [-0.05, 0) is 37.1 Å². The van der Waals surface area contributed by atoms with Crippen molar-refractivity contribution in [3.63, 3.8) is 0 Å². The molecule has 0 atom stereocenters. The van der Waals surface area contributed by atoms with Crippen LogP contribution < -0.4 is 10.6 Å². The van der Waals surface area contributed by atoms with Crippen LogP contribution in [-0.4, -0.2) is 22.6 Å². The Kier molecular flexibility index (Phi) is 4.87. The number of aryl methyl sites for hydroxylation is 1. The summed E-state index contributed by atoms with van der Waals surface area (Å²) in [4.78, 5) is 11.8. The van der Waals surface area contributed by atoms with Crippen LogP contribution in [0.2, 0.25) is 0 Å². The summed E-state index contributed by atoms with van der Waals surface area (Å²) in [5.74, 6) is 0.821. The van der Waals surface area contributed by atoms with E-state index in [-0.39, 0.29) is 5.91 Å². The summed E-state index contributed by atoms with van der Waals surface area (Å²) in [5, 5.41) is 13.9. The molecule has 0 saturated carbocycles. The zero-order valence-electron chi connectivity index (χ0n) is 12.6. The van der Waals surface area contributed by atoms with E-state index in [1.807, 2.05) is 45.0 Å². The Morgan fingerprint density at radius 3 is 2.38 bits per heavy atom. The summed E-state index contributed by atoms with van der Waals surface area (Å²) in [6, 6.07) is 11.4. The fourth-order valence-corrected chi connectivity index (χ4v) is 1.69. The Labute approximate surface area is 124 Å². The minimum absolute atomic E-state index is 0.196. The smallest absolute Gasteiger partial charge is 0.271 e. The van der Waals surface area contributed by atoms with Gasteiger partial charge in [-0.25, -0.2) is 0 Å². The summed E-state index contributed by atoms with van der Waals surface area (Å²) in [5.41, 5.74) is 2.46. The van der Waals surface area contributed by atoms with Crippen LogP contribution >= 0.6 is 0 Å². The second-order valence-corrected chi connectivity index (χ2v) is 5.40. The van der Waals surface area contributed by atoms with Crippen molar-refractivity contribution in [1.29, 1.82) is 0 Å². The van der Waals surface area contributed by atoms with Crippen molar-refractivity contribution in [1.82, 2.24) is 15.5 Å². The van der Waals surface area contributed by atoms with Crippen LogP contribution in [0.25, 0.3) is 0 Å². The van der Waals surface area contributed by atoms with Crippen LogP contribution in [0.15, 0.2) is 36.4 Å². The van der Waals surface area contributed by atoms with E-state index in [0.717, 1.165) is 5.69 Å². The lowest BCUT2D eigenvalue weighted by Crippen LogP contribution is -2.28. The molecule has 2 aromatic rings. The van der Waals surface area contributed by atoms with Gasteiger partial charge in [0.25, 0.3) is 5.91 Å². The molecule has 1 aromatic carbocycles. The Hall–Kier alpha value is -2.43. The zero-order valence-corrected chi connectivity index (χ0v) is 12.6. The van der Waals surface area contributed by atoms with E-state index in [1.165, 1.54) is 5.56 Å². The van der Waals surface area contributed by atoms with Gasteiger partial charge in [-0.2, -0.15) is 0 Å². The van der Waals surface area contributed by atoms with Crippen LogP contribution in [0.1, 0.15) is 29.9 Å². The molecule has 0 spiro atoms. The predicted octanol–water partition coefficient (Wildman–Crippen LogP) is 2.91. The number of anilines is 2. The van der Waals surface area contributed by atoms with Crippen molar-refractivity contribution in [2.24, 2.45) is 5.92 Å². The van der Waals surface area contributed by atoms with Gasteiger partial charge in [0.05, 0.1) is 0 Å². The lowest BCUT2D eigenvalue weighted by molar-refractivity contribution is 0.0943. The molecule has 5 heteroatoms. The molecule has 1 amide bonds. The first-order chi connectivity index (χ1) is 10.0. The fraction of sp³-hybridized carbons (Fsp3) is 0.312. The van der Waals surface area contributed by atoms with Crippen LogP contribution in [0.3, 0.4) is 0 Å². The van der Waals surface area contributed by atoms with Crippen molar-refractivity contribution in [3.8, 4) is 0 Å². The minimum atomic E-state index is -0.196. The molecule has 110 valence electrons. The van der Waals surface area contributed by atoms with Gasteiger partial charge in [-0.1, -0.05) is 31.5 Å². The number of amides is 1. The molecule has 0 fully saturated rings. The molecular formula is C16H20N4O. The number of nitrogens with zero attached hydrogens (tertiary/aromatic N) is 2. The second kappa shape index (κ2) is 6.83. The van der Waals surface area contributed by atoms with E-state index in [2.05, 4.69) is 20.8 Å². The summed E-state index contributed by atoms with van der Waals surface area (Å²) in [7, 11) is 0. The van der Waals surface area contributed by atoms with Gasteiger partial charge in [0, 0.05) is 12.2 Å². The van der Waals surface area contributed by atoms with E-state index in [1.54, 1.807) is 12.1 Å². The van der Waals surface area contributed by atoms with Gasteiger partial charge >= 0.3 is 0 Å². The third-order valence-electron chi connectivity index (χ3n) is 2.89. The van der Waals surface area contributed by atoms with Gasteiger partial charge in [0.1, 0.15) is 0 Å². The first-order valence-corrected chi connectivity index (χ1v) is 7.00. The average molecular weight is 284 g/mol. The molecule has 0 saturated heterocycles. The molecule has 5 nitrogen and oxygen atoms in total. The number of benzene rings is 1. The Morgan fingerprint density at radius 2 is 1.81 bits per heavy atom. The van der Waals surface area contributed by atoms with Gasteiger partial charge in [-0.15, -0.1) is 10.2 Å². The molecule has 21 heavy (non-hydrogen) atoms. The Morgan fingerprint density at radius 1 is 1.10 bits per heavy atom. The standard InChI is InChI=1S/C16H20N4O/c1-11(2)10-17-16(21)14-8-9-15(20-19-14)18-13-6-4-12(3)5-7-13/h4-9,11H,10H2,1-3H3,(H,17,21)(H,18,20). The maximum atomic E-state index is 11.8. The van der Waals surface area contributed by atoms with Crippen molar-refractivity contribution < 1.29 is 4.79 Å². The summed E-state index contributed by atoms with van der Waals surface area (Å²) in [6.45, 7) is 6.75. The van der Waals surface area contributed by atoms with Crippen LogP contribution in [0.5, 0.6) is 0 Å². The zero-order chi connectivity index (χ0) is 15.2. The van der Waals surface area contributed by atoms with E-state index in [4.69, 9.17) is 0 Å². The molecule has 2 N–H and O–H groups in total. The molecule has 1 aromatic heterocycles. The Bertz CT molecular complexity index is 591. The number of carbonyl (C=O) groups is 1. The maximum Gasteiger partial charge on any atom is 0.271 e. The Balaban J connectivity index is 1.98. The third-order valence-corrected chi connectivity index (χ3v) is 2.89. The van der Waals surface area contributed by atoms with E-state index < -0.39 is 0 Å². The van der Waals surface area contributed by atoms with Crippen LogP contribution in [-0.2, 0) is 0 Å². The first kappa shape index (κ1) is 15.0. The molecule has 0 aliphatic heterocycles. The molecule has 0 unspecified atom stereocenters. The topological polar surface area (TPSA) is 66.9 Å². The monoisotopic (exact) mass is 284 g/mol. The average Bonchev–Trinajstić information content (AvgIpc) is 2.48. The fourth-order valence-electron chi connectivity index (χ4n) is 1.69. The molecule has 0 aliphatic rings. The highest BCUT2D eigenvalue weighted by Crippen LogP contribution is 2.14. The highest BCUT2D eigenvalue weighted by atomic mass is 16.1. The van der Waals surface area contributed by atoms with Crippen molar-refractivity contribution in [2.45, 2.75) is 20.8 Å². The molecule has 0 radical (unpaired) electrons. The lowest BCUT2D eigenvalue weighted by atomic mass is 10.2. The van der Waals surface area contributed by atoms with Crippen molar-refractivity contribution >= 4 is 17.4 Å². The summed E-state index contributed by atoms with van der Waals surface area (Å²) in [6.07, 6.45) is 0. The van der Waals surface area contributed by atoms with Crippen LogP contribution in [0.4, 0.5) is 11.5 Å². The van der Waals surface area contributed by atoms with Crippen molar-refractivity contribution in [2.75, 3.05) is 11.9 Å². The highest BCUT2D eigenvalue weighted by molar-refractivity contribution is 5.92. The van der Waals surface area contributed by atoms with Crippen LogP contribution in [0, 0.1) is 12.8 Å². The number of aromatic nitrogens is 2. The largest absolute Gasteiger partial charge is 0.350 e. The SMILES string of the molecule is Cc1ccc(Nc2ccc(C(=O)NCC(C)C)nn2)cc1. The van der Waals surface area contributed by atoms with Crippen molar-refractivity contribution in [3.05, 3.63) is 47.7 Å². The molecular weight excluding hydrogens is 264 g/mol. The predicted molar refractivity (Wildman–Crippen MR) is 83.7 cm³/mol. The first-order valence-electron chi connectivity index (χ1n) is 7.00. The van der Waals surface area contributed by atoms with E-state index in [9.17, 15) is 4.79 Å². The number of nitrogens with one attached hydrogen (secondary N) is 2. The lowest BCUT2D eigenvalue weighted by Gasteiger charge is -2.08. The minimum Gasteiger partial charge on any atom is -0.350 e. The highest BCUT2D eigenvalue weighted by Gasteiger charge is 2.08. The van der Waals surface area contributed by atoms with E-state index >= 15 is 0 Å². The summed E-state index contributed by atoms with van der Waals surface area (Å²) < 4.78 is 0. The normalized spacial score (nSPS) is 10.5. The number of hydrogen-bond donors (Lipinski definition) is 2. The van der Waals surface area contributed by atoms with Gasteiger partial charge in [-0.3, -0.25) is 4.79 Å². The number of rotatable bonds is 5. The molecule has 2 rings (SSSR count). The second-order valence-electron chi connectivity index (χ2n) is 5.40. The number of carbonyl (C=O) groups excluding carboxylic acids is 1. The van der Waals surface area contributed by atoms with Gasteiger partial charge in [0.2, 0.25) is 0 Å². The van der Waals surface area contributed by atoms with E-state index in [0.29, 0.717) is 24.0 Å². The molecule has 1 heterocycles. The molecule has 0 bridgehead atoms. The quantitative estimate of drug-likeness (QED) is 0.886. The number of hydrogen-bond acceptors (Lipinski definition) is 4. The van der Waals surface area contributed by atoms with Gasteiger partial charge < -0.3 is 10.6 Å². The maximum absolute atomic E-state index is 11.8. The third kappa shape index (κ3) is 4.56.